The van der Waals surface area contributed by atoms with Crippen molar-refractivity contribution in [1.82, 2.24) is 4.57 Å². The molecule has 0 radical (unpaired) electrons. The number of ketones is 2. The van der Waals surface area contributed by atoms with E-state index in [1.165, 1.54) is 0 Å². The predicted molar refractivity (Wildman–Crippen MR) is 156 cm³/mol. The van der Waals surface area contributed by atoms with Gasteiger partial charge in [0.2, 0.25) is 0 Å². The lowest BCUT2D eigenvalue weighted by molar-refractivity contribution is -0.137. The normalized spacial score (nSPS) is 11.5. The fourth-order valence-electron chi connectivity index (χ4n) is 4.50. The maximum Gasteiger partial charge on any atom is 0.313 e. The summed E-state index contributed by atoms with van der Waals surface area (Å²) in [6.45, 7) is 11.2. The van der Waals surface area contributed by atoms with Crippen LogP contribution in [0.3, 0.4) is 0 Å². The van der Waals surface area contributed by atoms with Gasteiger partial charge in [-0.1, -0.05) is 84.0 Å². The summed E-state index contributed by atoms with van der Waals surface area (Å²) < 4.78 is 8.02. The zero-order valence-electron chi connectivity index (χ0n) is 23.7. The Morgan fingerprint density at radius 3 is 2.08 bits per heavy atom. The van der Waals surface area contributed by atoms with Crippen LogP contribution in [-0.4, -0.2) is 22.1 Å². The summed E-state index contributed by atoms with van der Waals surface area (Å²) in [7, 11) is 0. The highest BCUT2D eigenvalue weighted by molar-refractivity contribution is 5.92. The minimum absolute atomic E-state index is 0.0870. The Bertz CT molecular complexity index is 1520. The van der Waals surface area contributed by atoms with Crippen LogP contribution in [0.2, 0.25) is 0 Å². The van der Waals surface area contributed by atoms with Crippen molar-refractivity contribution in [2.75, 3.05) is 0 Å². The molecule has 1 heterocycles. The van der Waals surface area contributed by atoms with Crippen LogP contribution in [0.5, 0.6) is 5.75 Å². The van der Waals surface area contributed by atoms with E-state index < -0.39 is 0 Å². The number of benzene rings is 3. The number of fused-ring (bicyclic) bond motifs is 1. The molecule has 3 aromatic carbocycles. The highest BCUT2D eigenvalue weighted by Gasteiger charge is 2.22. The number of aromatic nitrogens is 1. The van der Waals surface area contributed by atoms with E-state index in [9.17, 15) is 14.4 Å². The van der Waals surface area contributed by atoms with Gasteiger partial charge in [0.05, 0.1) is 17.3 Å². The molecule has 0 atom stereocenters. The van der Waals surface area contributed by atoms with Crippen LogP contribution in [0.25, 0.3) is 27.7 Å². The van der Waals surface area contributed by atoms with E-state index in [1.807, 2.05) is 76.2 Å². The second-order valence-electron chi connectivity index (χ2n) is 11.0. The Hall–Kier alpha value is -3.99. The van der Waals surface area contributed by atoms with Gasteiger partial charge >= 0.3 is 5.97 Å². The van der Waals surface area contributed by atoms with Gasteiger partial charge in [-0.25, -0.2) is 0 Å². The van der Waals surface area contributed by atoms with Crippen molar-refractivity contribution in [2.45, 2.75) is 54.4 Å². The van der Waals surface area contributed by atoms with E-state index in [2.05, 4.69) is 22.8 Å². The van der Waals surface area contributed by atoms with Crippen LogP contribution < -0.4 is 4.74 Å². The van der Waals surface area contributed by atoms with Crippen molar-refractivity contribution in [3.05, 3.63) is 84.1 Å². The molecule has 0 bridgehead atoms. The number of esters is 1. The molecule has 0 spiro atoms. The molecule has 0 amide bonds. The number of rotatable bonds is 10. The zero-order chi connectivity index (χ0) is 28.3. The number of carbonyl (C=O) groups excluding carboxylic acids is 3. The monoisotopic (exact) mass is 523 g/mol. The molecule has 0 saturated heterocycles. The summed E-state index contributed by atoms with van der Waals surface area (Å²) in [5, 5.41) is 2.14. The highest BCUT2D eigenvalue weighted by Crippen LogP contribution is 2.37. The minimum Gasteiger partial charge on any atom is -0.426 e. The van der Waals surface area contributed by atoms with Crippen molar-refractivity contribution >= 4 is 28.3 Å². The van der Waals surface area contributed by atoms with Gasteiger partial charge in [-0.2, -0.15) is 0 Å². The van der Waals surface area contributed by atoms with E-state index in [1.54, 1.807) is 19.9 Å². The quantitative estimate of drug-likeness (QED) is 0.161. The number of hydrogen-bond acceptors (Lipinski definition) is 4. The summed E-state index contributed by atoms with van der Waals surface area (Å²) in [6, 6.07) is 23.9. The molecular weight excluding hydrogens is 486 g/mol. The molecule has 4 rings (SSSR count). The first-order chi connectivity index (χ1) is 18.6. The third kappa shape index (κ3) is 6.19. The maximum atomic E-state index is 12.9. The summed E-state index contributed by atoms with van der Waals surface area (Å²) in [4.78, 5) is 38.1. The van der Waals surface area contributed by atoms with Crippen LogP contribution in [0, 0.1) is 17.8 Å². The second-order valence-corrected chi connectivity index (χ2v) is 11.0. The van der Waals surface area contributed by atoms with E-state index in [4.69, 9.17) is 4.74 Å². The van der Waals surface area contributed by atoms with Gasteiger partial charge < -0.3 is 9.30 Å². The van der Waals surface area contributed by atoms with Crippen molar-refractivity contribution in [3.8, 4) is 22.7 Å². The van der Waals surface area contributed by atoms with Gasteiger partial charge in [0, 0.05) is 41.3 Å². The number of nitrogens with zero attached hydrogens (tertiary/aromatic N) is 1. The molecule has 0 aliphatic rings. The number of carbonyl (C=O) groups is 3. The minimum atomic E-state index is -0.345. The Kier molecular flexibility index (Phi) is 8.49. The van der Waals surface area contributed by atoms with Crippen LogP contribution >= 0.6 is 0 Å². The molecule has 202 valence electrons. The zero-order valence-corrected chi connectivity index (χ0v) is 23.7. The summed E-state index contributed by atoms with van der Waals surface area (Å²) in [5.74, 6) is -0.165. The van der Waals surface area contributed by atoms with Crippen molar-refractivity contribution < 1.29 is 19.1 Å². The first-order valence-corrected chi connectivity index (χ1v) is 13.7. The lowest BCUT2D eigenvalue weighted by atomic mass is 9.99. The van der Waals surface area contributed by atoms with Crippen LogP contribution in [0.4, 0.5) is 0 Å². The Morgan fingerprint density at radius 1 is 0.718 bits per heavy atom. The van der Waals surface area contributed by atoms with Gasteiger partial charge in [0.25, 0.3) is 0 Å². The van der Waals surface area contributed by atoms with Gasteiger partial charge in [-0.05, 0) is 41.3 Å². The molecule has 0 N–H and O–H groups in total. The van der Waals surface area contributed by atoms with Gasteiger partial charge in [0.15, 0.2) is 0 Å². The smallest absolute Gasteiger partial charge is 0.313 e. The molecular formula is C34H37NO4. The lowest BCUT2D eigenvalue weighted by Gasteiger charge is -2.19. The second kappa shape index (κ2) is 11.8. The van der Waals surface area contributed by atoms with E-state index in [0.717, 1.165) is 39.0 Å². The number of hydrogen-bond donors (Lipinski definition) is 0. The van der Waals surface area contributed by atoms with Crippen LogP contribution in [0.15, 0.2) is 72.8 Å². The molecule has 5 heteroatoms. The van der Waals surface area contributed by atoms with Crippen LogP contribution in [0.1, 0.15) is 52.8 Å². The van der Waals surface area contributed by atoms with E-state index in [-0.39, 0.29) is 48.1 Å². The largest absolute Gasteiger partial charge is 0.426 e. The Morgan fingerprint density at radius 2 is 1.38 bits per heavy atom. The molecule has 4 aromatic rings. The molecule has 5 nitrogen and oxygen atoms in total. The molecule has 39 heavy (non-hydrogen) atoms. The molecule has 0 saturated carbocycles. The molecule has 0 aliphatic carbocycles. The Labute approximate surface area is 230 Å². The average molecular weight is 524 g/mol. The summed E-state index contributed by atoms with van der Waals surface area (Å²) >= 11 is 0. The third-order valence-electron chi connectivity index (χ3n) is 6.99. The predicted octanol–water partition coefficient (Wildman–Crippen LogP) is 7.39. The van der Waals surface area contributed by atoms with Crippen molar-refractivity contribution in [1.29, 1.82) is 0 Å². The topological polar surface area (TPSA) is 65.4 Å². The molecule has 1 aromatic heterocycles. The fraction of sp³-hybridized carbons (Fsp3) is 0.324. The SMILES string of the molecule is CC(C)C(=O)Cc1ccc(-c2ccc(CC(=O)C(C)C)n2-c2cccc3ccccc23)c(OC(=O)C(C)C)c1. The van der Waals surface area contributed by atoms with Crippen LogP contribution in [-0.2, 0) is 27.2 Å². The average Bonchev–Trinajstić information content (AvgIpc) is 3.31. The van der Waals surface area contributed by atoms with Gasteiger partial charge in [-0.15, -0.1) is 0 Å². The third-order valence-corrected chi connectivity index (χ3v) is 6.99. The molecule has 0 unspecified atom stereocenters. The fourth-order valence-corrected chi connectivity index (χ4v) is 4.50. The van der Waals surface area contributed by atoms with E-state index >= 15 is 0 Å². The first-order valence-electron chi connectivity index (χ1n) is 13.7. The van der Waals surface area contributed by atoms with Crippen molar-refractivity contribution in [3.63, 3.8) is 0 Å². The van der Waals surface area contributed by atoms with Crippen molar-refractivity contribution in [2.24, 2.45) is 17.8 Å². The number of ether oxygens (including phenoxy) is 1. The summed E-state index contributed by atoms with van der Waals surface area (Å²) in [6.07, 6.45) is 0.547. The molecule has 0 fully saturated rings. The molecule has 0 aliphatic heterocycles. The van der Waals surface area contributed by atoms with Gasteiger partial charge in [0.1, 0.15) is 17.3 Å². The maximum absolute atomic E-state index is 12.9. The lowest BCUT2D eigenvalue weighted by Crippen LogP contribution is -2.16. The standard InChI is InChI=1S/C34H37NO4/c1-21(2)31(36)18-24-14-16-28(33(19-24)39-34(38)23(5)6)30-17-15-26(20-32(37)22(3)4)35(30)29-13-9-11-25-10-7-8-12-27(25)29/h7-17,19,21-23H,18,20H2,1-6H3. The highest BCUT2D eigenvalue weighted by atomic mass is 16.5. The Balaban J connectivity index is 1.94. The number of Topliss-reactive ketones (excluding diaryl/α,β-unsaturated/α-hetero) is 2. The van der Waals surface area contributed by atoms with E-state index in [0.29, 0.717) is 5.75 Å². The van der Waals surface area contributed by atoms with Gasteiger partial charge in [-0.3, -0.25) is 14.4 Å². The summed E-state index contributed by atoms with van der Waals surface area (Å²) in [5.41, 5.74) is 4.13. The first kappa shape index (κ1) is 28.0.